The molecule has 3 heterocycles. The van der Waals surface area contributed by atoms with Gasteiger partial charge in [-0.1, -0.05) is 48.5 Å². The van der Waals surface area contributed by atoms with E-state index in [9.17, 15) is 10.1 Å². The molecule has 3 aliphatic heterocycles. The van der Waals surface area contributed by atoms with Gasteiger partial charge in [-0.3, -0.25) is 9.79 Å². The highest BCUT2D eigenvalue weighted by Crippen LogP contribution is 2.31. The lowest BCUT2D eigenvalue weighted by atomic mass is 9.95. The summed E-state index contributed by atoms with van der Waals surface area (Å²) >= 11 is 0. The number of hydrogen-bond acceptors (Lipinski definition) is 5. The number of rotatable bonds is 7. The van der Waals surface area contributed by atoms with Gasteiger partial charge in [0.15, 0.2) is 0 Å². The van der Waals surface area contributed by atoms with E-state index in [1.165, 1.54) is 11.1 Å². The van der Waals surface area contributed by atoms with E-state index in [-0.39, 0.29) is 11.9 Å². The maximum Gasteiger partial charge on any atom is 0.222 e. The van der Waals surface area contributed by atoms with Gasteiger partial charge in [0, 0.05) is 44.4 Å². The second kappa shape index (κ2) is 11.9. The zero-order chi connectivity index (χ0) is 26.3. The molecule has 2 aromatic carbocycles. The molecule has 6 nitrogen and oxygen atoms in total. The summed E-state index contributed by atoms with van der Waals surface area (Å²) in [6, 6.07) is 20.1. The number of nitriles is 1. The average molecular weight is 504 g/mol. The molecule has 0 radical (unpaired) electrons. The molecule has 2 aromatic rings. The summed E-state index contributed by atoms with van der Waals surface area (Å²) in [5.74, 6) is 1.27. The maximum absolute atomic E-state index is 13.1. The third kappa shape index (κ3) is 5.84. The van der Waals surface area contributed by atoms with Crippen molar-refractivity contribution < 1.29 is 4.79 Å². The van der Waals surface area contributed by atoms with Gasteiger partial charge >= 0.3 is 0 Å². The third-order valence-corrected chi connectivity index (χ3v) is 7.37. The van der Waals surface area contributed by atoms with Crippen LogP contribution in [-0.4, -0.2) is 59.9 Å². The molecule has 1 unspecified atom stereocenters. The number of carbonyl (C=O) groups excluding carboxylic acids is 1. The first-order chi connectivity index (χ1) is 18.6. The summed E-state index contributed by atoms with van der Waals surface area (Å²) < 4.78 is 0. The molecule has 5 rings (SSSR count). The van der Waals surface area contributed by atoms with Crippen LogP contribution in [0.3, 0.4) is 0 Å². The van der Waals surface area contributed by atoms with Crippen molar-refractivity contribution in [2.45, 2.75) is 38.6 Å². The Balaban J connectivity index is 1.20. The quantitative estimate of drug-likeness (QED) is 0.509. The number of hydrogen-bond donors (Lipinski definition) is 0. The van der Waals surface area contributed by atoms with Crippen LogP contribution >= 0.6 is 0 Å². The molecular weight excluding hydrogens is 470 g/mol. The van der Waals surface area contributed by atoms with Crippen LogP contribution in [0.2, 0.25) is 0 Å². The number of carbonyl (C=O) groups is 1. The molecule has 192 valence electrons. The summed E-state index contributed by atoms with van der Waals surface area (Å²) in [7, 11) is 0. The lowest BCUT2D eigenvalue weighted by molar-refractivity contribution is -0.132. The van der Waals surface area contributed by atoms with Crippen LogP contribution in [0.4, 0.5) is 0 Å². The van der Waals surface area contributed by atoms with E-state index in [1.807, 2.05) is 59.7 Å². The van der Waals surface area contributed by atoms with Crippen molar-refractivity contribution in [3.05, 3.63) is 101 Å². The molecule has 0 aromatic heterocycles. The molecule has 0 bridgehead atoms. The van der Waals surface area contributed by atoms with Gasteiger partial charge in [0.1, 0.15) is 5.82 Å². The van der Waals surface area contributed by atoms with Crippen molar-refractivity contribution in [2.24, 2.45) is 9.98 Å². The van der Waals surface area contributed by atoms with Crippen molar-refractivity contribution in [1.82, 2.24) is 9.80 Å². The molecule has 6 heteroatoms. The molecule has 1 fully saturated rings. The van der Waals surface area contributed by atoms with E-state index in [0.717, 1.165) is 68.1 Å². The summed E-state index contributed by atoms with van der Waals surface area (Å²) in [6.45, 7) is 5.22. The zero-order valence-corrected chi connectivity index (χ0v) is 21.9. The fraction of sp³-hybridized carbons (Fsp3) is 0.312. The van der Waals surface area contributed by atoms with E-state index < -0.39 is 0 Å². The van der Waals surface area contributed by atoms with Gasteiger partial charge in [0.25, 0.3) is 0 Å². The summed E-state index contributed by atoms with van der Waals surface area (Å²) in [4.78, 5) is 27.0. The molecule has 1 atom stereocenters. The van der Waals surface area contributed by atoms with Crippen LogP contribution in [0.5, 0.6) is 0 Å². The normalized spacial score (nSPS) is 19.2. The lowest BCUT2D eigenvalue weighted by Gasteiger charge is -2.36. The summed E-state index contributed by atoms with van der Waals surface area (Å²) in [5, 5.41) is 9.31. The van der Waals surface area contributed by atoms with E-state index in [4.69, 9.17) is 4.99 Å². The second-order valence-electron chi connectivity index (χ2n) is 9.96. The Morgan fingerprint density at radius 2 is 1.84 bits per heavy atom. The molecular formula is C32H33N5O. The van der Waals surface area contributed by atoms with Crippen molar-refractivity contribution >= 4 is 23.4 Å². The van der Waals surface area contributed by atoms with Gasteiger partial charge in [-0.05, 0) is 67.2 Å². The van der Waals surface area contributed by atoms with Crippen molar-refractivity contribution in [3.63, 3.8) is 0 Å². The number of allylic oxidation sites excluding steroid dienone is 4. The van der Waals surface area contributed by atoms with E-state index in [2.05, 4.69) is 47.2 Å². The number of aliphatic imine (C=N–C) groups is 2. The molecule has 0 N–H and O–H groups in total. The largest absolute Gasteiger partial charge is 0.353 e. The van der Waals surface area contributed by atoms with Crippen LogP contribution in [0, 0.1) is 11.3 Å². The second-order valence-corrected chi connectivity index (χ2v) is 9.96. The van der Waals surface area contributed by atoms with E-state index in [1.54, 1.807) is 0 Å². The number of amides is 1. The van der Waals surface area contributed by atoms with Gasteiger partial charge in [-0.2, -0.15) is 5.26 Å². The minimum Gasteiger partial charge on any atom is -0.353 e. The molecule has 1 amide bonds. The van der Waals surface area contributed by atoms with Gasteiger partial charge < -0.3 is 9.80 Å². The monoisotopic (exact) mass is 503 g/mol. The molecule has 3 aliphatic rings. The highest BCUT2D eigenvalue weighted by molar-refractivity contribution is 6.15. The highest BCUT2D eigenvalue weighted by Gasteiger charge is 2.25. The lowest BCUT2D eigenvalue weighted by Crippen LogP contribution is -2.48. The molecule has 1 saturated heterocycles. The minimum atomic E-state index is -0.000547. The first kappa shape index (κ1) is 25.4. The fourth-order valence-corrected chi connectivity index (χ4v) is 5.30. The van der Waals surface area contributed by atoms with Gasteiger partial charge in [0.2, 0.25) is 5.91 Å². The van der Waals surface area contributed by atoms with Crippen LogP contribution in [0.1, 0.15) is 49.3 Å². The zero-order valence-electron chi connectivity index (χ0n) is 21.9. The molecule has 0 aliphatic carbocycles. The average Bonchev–Trinajstić information content (AvgIpc) is 3.27. The van der Waals surface area contributed by atoms with Gasteiger partial charge in [-0.25, -0.2) is 4.99 Å². The number of benzene rings is 2. The Morgan fingerprint density at radius 3 is 2.63 bits per heavy atom. The SMILES string of the molecule is CC1=C(N2CCN(C(=O)CCCC3N=C(c4cccc(C#N)c4)C=C3c3ccccc3)CC2)N=CC=CC1. The Hall–Kier alpha value is -4.24. The standard InChI is InChI=1S/C32H33N5O/c1-24-9-5-6-16-34-32(24)37-19-17-36(18-20-37)31(38)15-8-14-29-28(26-11-3-2-4-12-26)22-30(35-29)27-13-7-10-25(21-27)23-33/h2-7,10-13,16,21-22,29H,8-9,14-15,17-20H2,1H3. The predicted molar refractivity (Wildman–Crippen MR) is 153 cm³/mol. The highest BCUT2D eigenvalue weighted by atomic mass is 16.2. The van der Waals surface area contributed by atoms with Crippen LogP contribution in [0.25, 0.3) is 5.57 Å². The van der Waals surface area contributed by atoms with Crippen LogP contribution < -0.4 is 0 Å². The molecule has 0 saturated carbocycles. The first-order valence-electron chi connectivity index (χ1n) is 13.4. The van der Waals surface area contributed by atoms with Gasteiger partial charge in [0.05, 0.1) is 23.4 Å². The number of nitrogens with zero attached hydrogens (tertiary/aromatic N) is 5. The Kier molecular flexibility index (Phi) is 7.94. The maximum atomic E-state index is 13.1. The van der Waals surface area contributed by atoms with Gasteiger partial charge in [-0.15, -0.1) is 0 Å². The minimum absolute atomic E-state index is 0.000547. The first-order valence-corrected chi connectivity index (χ1v) is 13.4. The Labute approximate surface area is 225 Å². The molecule has 38 heavy (non-hydrogen) atoms. The van der Waals surface area contributed by atoms with Crippen LogP contribution in [0.15, 0.2) is 94.2 Å². The van der Waals surface area contributed by atoms with Crippen molar-refractivity contribution in [3.8, 4) is 6.07 Å². The topological polar surface area (TPSA) is 72.1 Å². The molecule has 0 spiro atoms. The van der Waals surface area contributed by atoms with Crippen molar-refractivity contribution in [2.75, 3.05) is 26.2 Å². The summed E-state index contributed by atoms with van der Waals surface area (Å²) in [5.41, 5.74) is 6.07. The smallest absolute Gasteiger partial charge is 0.222 e. The number of piperazine rings is 1. The summed E-state index contributed by atoms with van der Waals surface area (Å²) in [6.07, 6.45) is 11.2. The third-order valence-electron chi connectivity index (χ3n) is 7.37. The predicted octanol–water partition coefficient (Wildman–Crippen LogP) is 5.39. The van der Waals surface area contributed by atoms with Crippen LogP contribution in [-0.2, 0) is 4.79 Å². The Bertz CT molecular complexity index is 1370. The Morgan fingerprint density at radius 1 is 1.05 bits per heavy atom. The van der Waals surface area contributed by atoms with E-state index in [0.29, 0.717) is 12.0 Å². The van der Waals surface area contributed by atoms with E-state index >= 15 is 0 Å². The fourth-order valence-electron chi connectivity index (χ4n) is 5.30. The van der Waals surface area contributed by atoms with Crippen molar-refractivity contribution in [1.29, 1.82) is 5.26 Å².